The highest BCUT2D eigenvalue weighted by Gasteiger charge is 2.05. The second-order valence-corrected chi connectivity index (χ2v) is 5.00. The van der Waals surface area contributed by atoms with Crippen LogP contribution in [0.3, 0.4) is 0 Å². The minimum absolute atomic E-state index is 0.634. The molecule has 0 aliphatic heterocycles. The minimum Gasteiger partial charge on any atom is -0.298 e. The van der Waals surface area contributed by atoms with Crippen molar-refractivity contribution < 1.29 is 4.79 Å². The van der Waals surface area contributed by atoms with Gasteiger partial charge in [0.25, 0.3) is 0 Å². The first kappa shape index (κ1) is 12.1. The van der Waals surface area contributed by atoms with E-state index in [1.807, 2.05) is 31.2 Å². The Hall–Kier alpha value is -1.32. The van der Waals surface area contributed by atoms with Gasteiger partial charge >= 0.3 is 0 Å². The summed E-state index contributed by atoms with van der Waals surface area (Å²) in [7, 11) is 0. The van der Waals surface area contributed by atoms with Crippen LogP contribution in [0.15, 0.2) is 46.5 Å². The van der Waals surface area contributed by atoms with Crippen molar-refractivity contribution in [2.75, 3.05) is 0 Å². The van der Waals surface area contributed by atoms with Crippen molar-refractivity contribution in [1.82, 2.24) is 4.98 Å². The van der Waals surface area contributed by atoms with Gasteiger partial charge in [0, 0.05) is 16.7 Å². The molecule has 86 valence electrons. The number of hydrogen-bond donors (Lipinski definition) is 0. The third-order valence-electron chi connectivity index (χ3n) is 2.31. The molecule has 0 aliphatic carbocycles. The van der Waals surface area contributed by atoms with E-state index in [0.29, 0.717) is 10.6 Å². The predicted molar refractivity (Wildman–Crippen MR) is 69.9 cm³/mol. The van der Waals surface area contributed by atoms with E-state index in [-0.39, 0.29) is 0 Å². The fraction of sp³-hybridized carbons (Fsp3) is 0.0769. The second-order valence-electron chi connectivity index (χ2n) is 3.53. The number of aromatic nitrogens is 1. The van der Waals surface area contributed by atoms with Crippen molar-refractivity contribution in [3.63, 3.8) is 0 Å². The summed E-state index contributed by atoms with van der Waals surface area (Å²) in [6.45, 7) is 1.91. The van der Waals surface area contributed by atoms with Gasteiger partial charge in [-0.1, -0.05) is 29.4 Å². The van der Waals surface area contributed by atoms with Gasteiger partial charge in [-0.05, 0) is 36.8 Å². The molecule has 0 atom stereocenters. The van der Waals surface area contributed by atoms with Crippen LogP contribution in [0.5, 0.6) is 0 Å². The van der Waals surface area contributed by atoms with Crippen LogP contribution >= 0.6 is 23.4 Å². The Morgan fingerprint density at radius 2 is 2.18 bits per heavy atom. The summed E-state index contributed by atoms with van der Waals surface area (Å²) in [5.74, 6) is 0. The molecule has 0 aliphatic rings. The number of carbonyl (C=O) groups is 1. The minimum atomic E-state index is 0.634. The number of pyridine rings is 1. The van der Waals surface area contributed by atoms with Crippen LogP contribution in [0.25, 0.3) is 0 Å². The van der Waals surface area contributed by atoms with Crippen LogP contribution in [0.1, 0.15) is 15.9 Å². The first-order chi connectivity index (χ1) is 8.20. The predicted octanol–water partition coefficient (Wildman–Crippen LogP) is 4.01. The van der Waals surface area contributed by atoms with E-state index >= 15 is 0 Å². The molecule has 0 fully saturated rings. The Bertz CT molecular complexity index is 557. The zero-order valence-electron chi connectivity index (χ0n) is 9.18. The molecule has 1 heterocycles. The molecule has 1 aromatic carbocycles. The van der Waals surface area contributed by atoms with Crippen molar-refractivity contribution in [2.45, 2.75) is 16.8 Å². The zero-order valence-corrected chi connectivity index (χ0v) is 10.8. The number of carbonyl (C=O) groups excluding carboxylic acids is 1. The average Bonchev–Trinajstić information content (AvgIpc) is 2.32. The van der Waals surface area contributed by atoms with Crippen molar-refractivity contribution >= 4 is 29.6 Å². The van der Waals surface area contributed by atoms with Crippen LogP contribution in [-0.2, 0) is 0 Å². The van der Waals surface area contributed by atoms with Crippen LogP contribution in [0.4, 0.5) is 0 Å². The molecule has 0 N–H and O–H groups in total. The lowest BCUT2D eigenvalue weighted by Gasteiger charge is -2.05. The van der Waals surface area contributed by atoms with Crippen molar-refractivity contribution in [2.24, 2.45) is 0 Å². The maximum absolute atomic E-state index is 10.7. The van der Waals surface area contributed by atoms with Gasteiger partial charge in [0.2, 0.25) is 0 Å². The quantitative estimate of drug-likeness (QED) is 0.784. The Labute approximate surface area is 109 Å². The highest BCUT2D eigenvalue weighted by molar-refractivity contribution is 7.99. The number of aldehydes is 1. The molecule has 2 nitrogen and oxygen atoms in total. The lowest BCUT2D eigenvalue weighted by molar-refractivity contribution is 0.112. The Morgan fingerprint density at radius 3 is 2.82 bits per heavy atom. The smallest absolute Gasteiger partial charge is 0.150 e. The number of halogens is 1. The summed E-state index contributed by atoms with van der Waals surface area (Å²) in [6.07, 6.45) is 2.57. The van der Waals surface area contributed by atoms with Gasteiger partial charge in [0.05, 0.1) is 5.02 Å². The molecular formula is C13H10ClNOS. The first-order valence-electron chi connectivity index (χ1n) is 5.05. The molecule has 0 radical (unpaired) electrons. The van der Waals surface area contributed by atoms with Crippen LogP contribution < -0.4 is 0 Å². The van der Waals surface area contributed by atoms with E-state index in [2.05, 4.69) is 4.98 Å². The maximum atomic E-state index is 10.7. The summed E-state index contributed by atoms with van der Waals surface area (Å²) >= 11 is 7.52. The molecule has 0 saturated carbocycles. The monoisotopic (exact) mass is 263 g/mol. The summed E-state index contributed by atoms with van der Waals surface area (Å²) in [5.41, 5.74) is 1.67. The van der Waals surface area contributed by atoms with Crippen LogP contribution in [0.2, 0.25) is 5.02 Å². The molecule has 0 unspecified atom stereocenters. The van der Waals surface area contributed by atoms with Crippen molar-refractivity contribution in [3.05, 3.63) is 52.7 Å². The fourth-order valence-electron chi connectivity index (χ4n) is 1.40. The molecule has 4 heteroatoms. The molecule has 2 aromatic rings. The molecule has 1 aromatic heterocycles. The lowest BCUT2D eigenvalue weighted by Crippen LogP contribution is -1.87. The molecule has 0 amide bonds. The topological polar surface area (TPSA) is 30.0 Å². The standard InChI is InChI=1S/C13H10ClNOS/c1-9-7-11(5-4-10(9)8-16)17-13-12(14)3-2-6-15-13/h2-8H,1H3. The molecule has 0 bridgehead atoms. The Kier molecular flexibility index (Phi) is 3.82. The van der Waals surface area contributed by atoms with Gasteiger partial charge < -0.3 is 0 Å². The molecule has 17 heavy (non-hydrogen) atoms. The highest BCUT2D eigenvalue weighted by atomic mass is 35.5. The molecular weight excluding hydrogens is 254 g/mol. The van der Waals surface area contributed by atoms with E-state index in [1.54, 1.807) is 12.3 Å². The third-order valence-corrected chi connectivity index (χ3v) is 3.73. The van der Waals surface area contributed by atoms with Gasteiger partial charge in [-0.2, -0.15) is 0 Å². The van der Waals surface area contributed by atoms with Gasteiger partial charge in [-0.15, -0.1) is 0 Å². The summed E-state index contributed by atoms with van der Waals surface area (Å²) < 4.78 is 0. The van der Waals surface area contributed by atoms with Gasteiger partial charge in [-0.3, -0.25) is 4.79 Å². The summed E-state index contributed by atoms with van der Waals surface area (Å²) in [6, 6.07) is 9.27. The Morgan fingerprint density at radius 1 is 1.35 bits per heavy atom. The number of benzene rings is 1. The number of aryl methyl sites for hydroxylation is 1. The van der Waals surface area contributed by atoms with Crippen LogP contribution in [-0.4, -0.2) is 11.3 Å². The van der Waals surface area contributed by atoms with E-state index in [4.69, 9.17) is 11.6 Å². The molecule has 0 spiro atoms. The van der Waals surface area contributed by atoms with Gasteiger partial charge in [0.15, 0.2) is 0 Å². The zero-order chi connectivity index (χ0) is 12.3. The van der Waals surface area contributed by atoms with E-state index < -0.39 is 0 Å². The first-order valence-corrected chi connectivity index (χ1v) is 6.24. The lowest BCUT2D eigenvalue weighted by atomic mass is 10.1. The average molecular weight is 264 g/mol. The van der Waals surface area contributed by atoms with Crippen molar-refractivity contribution in [1.29, 1.82) is 0 Å². The number of nitrogens with zero attached hydrogens (tertiary/aromatic N) is 1. The van der Waals surface area contributed by atoms with Crippen molar-refractivity contribution in [3.8, 4) is 0 Å². The highest BCUT2D eigenvalue weighted by Crippen LogP contribution is 2.31. The summed E-state index contributed by atoms with van der Waals surface area (Å²) in [5, 5.41) is 1.40. The third kappa shape index (κ3) is 2.87. The van der Waals surface area contributed by atoms with Crippen LogP contribution in [0, 0.1) is 6.92 Å². The largest absolute Gasteiger partial charge is 0.298 e. The maximum Gasteiger partial charge on any atom is 0.150 e. The number of rotatable bonds is 3. The normalized spacial score (nSPS) is 10.2. The molecule has 0 saturated heterocycles. The second kappa shape index (κ2) is 5.34. The number of hydrogen-bond acceptors (Lipinski definition) is 3. The van der Waals surface area contributed by atoms with E-state index in [0.717, 1.165) is 21.8 Å². The van der Waals surface area contributed by atoms with E-state index in [9.17, 15) is 4.79 Å². The molecule has 2 rings (SSSR count). The van der Waals surface area contributed by atoms with Gasteiger partial charge in [-0.25, -0.2) is 4.98 Å². The Balaban J connectivity index is 2.28. The SMILES string of the molecule is Cc1cc(Sc2ncccc2Cl)ccc1C=O. The van der Waals surface area contributed by atoms with E-state index in [1.165, 1.54) is 11.8 Å². The fourth-order valence-corrected chi connectivity index (χ4v) is 2.51. The summed E-state index contributed by atoms with van der Waals surface area (Å²) in [4.78, 5) is 15.9. The van der Waals surface area contributed by atoms with Gasteiger partial charge in [0.1, 0.15) is 11.3 Å².